The summed E-state index contributed by atoms with van der Waals surface area (Å²) in [5.41, 5.74) is 1.42. The molecule has 154 valence electrons. The second-order valence-corrected chi connectivity index (χ2v) is 8.72. The van der Waals surface area contributed by atoms with Gasteiger partial charge in [0.05, 0.1) is 4.88 Å². The van der Waals surface area contributed by atoms with Crippen LogP contribution in [0.4, 0.5) is 4.79 Å². The summed E-state index contributed by atoms with van der Waals surface area (Å²) < 4.78 is 5.74. The van der Waals surface area contributed by atoms with E-state index in [1.807, 2.05) is 11.4 Å². The maximum atomic E-state index is 12.4. The largest absolute Gasteiger partial charge is 0.372 e. The molecule has 1 unspecified atom stereocenters. The van der Waals surface area contributed by atoms with Crippen molar-refractivity contribution in [2.24, 2.45) is 0 Å². The van der Waals surface area contributed by atoms with Crippen molar-refractivity contribution < 1.29 is 19.2 Å². The molecule has 1 aromatic rings. The van der Waals surface area contributed by atoms with Gasteiger partial charge in [-0.2, -0.15) is 0 Å². The lowest BCUT2D eigenvalue weighted by Gasteiger charge is -2.21. The van der Waals surface area contributed by atoms with Crippen molar-refractivity contribution in [3.8, 4) is 0 Å². The van der Waals surface area contributed by atoms with E-state index in [-0.39, 0.29) is 18.6 Å². The highest BCUT2D eigenvalue weighted by atomic mass is 32.1. The van der Waals surface area contributed by atoms with Gasteiger partial charge in [0.1, 0.15) is 19.2 Å². The van der Waals surface area contributed by atoms with Gasteiger partial charge in [0.25, 0.3) is 5.91 Å². The number of urea groups is 1. The first kappa shape index (κ1) is 21.0. The van der Waals surface area contributed by atoms with E-state index in [9.17, 15) is 9.59 Å². The van der Waals surface area contributed by atoms with Gasteiger partial charge in [0.2, 0.25) is 0 Å². The molecule has 3 N–H and O–H groups in total. The highest BCUT2D eigenvalue weighted by Gasteiger charge is 2.24. The predicted octanol–water partition coefficient (Wildman–Crippen LogP) is 2.03. The summed E-state index contributed by atoms with van der Waals surface area (Å²) in [6.45, 7) is 3.23. The Morgan fingerprint density at radius 3 is 2.93 bits per heavy atom. The SMILES string of the molecule is O=C(C[NH+](Cc1cccs1)C[C@@H]1CCCO1)NC(=O)NCCC1=CCCCC1. The Balaban J connectivity index is 1.41. The van der Waals surface area contributed by atoms with Crippen LogP contribution in [-0.4, -0.2) is 44.3 Å². The summed E-state index contributed by atoms with van der Waals surface area (Å²) in [7, 11) is 0. The second-order valence-electron chi connectivity index (χ2n) is 7.68. The molecule has 1 fully saturated rings. The van der Waals surface area contributed by atoms with Crippen LogP contribution in [0.15, 0.2) is 29.2 Å². The zero-order valence-corrected chi connectivity index (χ0v) is 17.3. The average molecular weight is 407 g/mol. The Bertz CT molecular complexity index is 654. The number of carbonyl (C=O) groups excluding carboxylic acids is 2. The third-order valence-electron chi connectivity index (χ3n) is 5.32. The van der Waals surface area contributed by atoms with Crippen molar-refractivity contribution in [3.63, 3.8) is 0 Å². The number of imide groups is 1. The van der Waals surface area contributed by atoms with Crippen LogP contribution >= 0.6 is 11.3 Å². The van der Waals surface area contributed by atoms with Gasteiger partial charge >= 0.3 is 6.03 Å². The van der Waals surface area contributed by atoms with Gasteiger partial charge in [-0.05, 0) is 56.4 Å². The number of amides is 3. The number of nitrogens with one attached hydrogen (secondary N) is 3. The normalized spacial score (nSPS) is 20.4. The smallest absolute Gasteiger partial charge is 0.321 e. The average Bonchev–Trinajstić information content (AvgIpc) is 3.36. The van der Waals surface area contributed by atoms with E-state index in [2.05, 4.69) is 22.8 Å². The third kappa shape index (κ3) is 7.37. The molecule has 0 radical (unpaired) electrons. The molecule has 2 aliphatic rings. The van der Waals surface area contributed by atoms with E-state index in [0.29, 0.717) is 6.54 Å². The van der Waals surface area contributed by atoms with Crippen LogP contribution in [0, 0.1) is 0 Å². The highest BCUT2D eigenvalue weighted by molar-refractivity contribution is 7.09. The van der Waals surface area contributed by atoms with E-state index < -0.39 is 6.03 Å². The third-order valence-corrected chi connectivity index (χ3v) is 6.20. The van der Waals surface area contributed by atoms with Crippen molar-refractivity contribution in [2.45, 2.75) is 57.6 Å². The minimum absolute atomic E-state index is 0.209. The number of hydrogen-bond acceptors (Lipinski definition) is 4. The number of hydrogen-bond donors (Lipinski definition) is 3. The van der Waals surface area contributed by atoms with Crippen LogP contribution in [0.5, 0.6) is 0 Å². The van der Waals surface area contributed by atoms with E-state index in [4.69, 9.17) is 4.74 Å². The quantitative estimate of drug-likeness (QED) is 0.550. The van der Waals surface area contributed by atoms with Crippen molar-refractivity contribution in [1.82, 2.24) is 10.6 Å². The van der Waals surface area contributed by atoms with Crippen LogP contribution in [0.3, 0.4) is 0 Å². The van der Waals surface area contributed by atoms with E-state index in [1.54, 1.807) is 11.3 Å². The molecule has 1 aliphatic heterocycles. The maximum absolute atomic E-state index is 12.4. The summed E-state index contributed by atoms with van der Waals surface area (Å²) in [6, 6.07) is 3.72. The minimum Gasteiger partial charge on any atom is -0.372 e. The molecule has 0 aromatic carbocycles. The first-order valence-corrected chi connectivity index (χ1v) is 11.3. The van der Waals surface area contributed by atoms with Gasteiger partial charge in [-0.25, -0.2) is 4.79 Å². The molecule has 2 heterocycles. The number of carbonyl (C=O) groups is 2. The first-order valence-electron chi connectivity index (χ1n) is 10.4. The van der Waals surface area contributed by atoms with E-state index in [0.717, 1.165) is 56.7 Å². The maximum Gasteiger partial charge on any atom is 0.321 e. The summed E-state index contributed by atoms with van der Waals surface area (Å²) in [6.07, 6.45) is 10.3. The van der Waals surface area contributed by atoms with Crippen LogP contribution < -0.4 is 15.5 Å². The lowest BCUT2D eigenvalue weighted by molar-refractivity contribution is -0.908. The molecular weight excluding hydrogens is 374 g/mol. The molecule has 2 atom stereocenters. The van der Waals surface area contributed by atoms with Gasteiger partial charge in [-0.15, -0.1) is 11.3 Å². The summed E-state index contributed by atoms with van der Waals surface area (Å²) in [4.78, 5) is 26.8. The van der Waals surface area contributed by atoms with Crippen molar-refractivity contribution in [2.75, 3.05) is 26.2 Å². The standard InChI is InChI=1S/C21H31N3O3S/c25-20(23-21(26)22-11-10-17-6-2-1-3-7-17)16-24(14-18-8-4-12-27-18)15-19-9-5-13-28-19/h5-6,9,13,18H,1-4,7-8,10-12,14-16H2,(H2,22,23,25,26)/p+1/t18-/m0/s1. The molecule has 0 saturated carbocycles. The van der Waals surface area contributed by atoms with Crippen molar-refractivity contribution in [1.29, 1.82) is 0 Å². The molecule has 0 bridgehead atoms. The Morgan fingerprint density at radius 2 is 2.21 bits per heavy atom. The fourth-order valence-corrected chi connectivity index (χ4v) is 4.68. The van der Waals surface area contributed by atoms with Gasteiger partial charge < -0.3 is 15.0 Å². The Labute approximate surface area is 171 Å². The zero-order valence-electron chi connectivity index (χ0n) is 16.5. The predicted molar refractivity (Wildman–Crippen MR) is 110 cm³/mol. The minimum atomic E-state index is -0.394. The molecule has 0 spiro atoms. The molecule has 7 heteroatoms. The fourth-order valence-electron chi connectivity index (χ4n) is 3.90. The number of rotatable bonds is 9. The number of ether oxygens (including phenoxy) is 1. The van der Waals surface area contributed by atoms with E-state index in [1.165, 1.54) is 23.3 Å². The number of allylic oxidation sites excluding steroid dienone is 1. The van der Waals surface area contributed by atoms with Crippen LogP contribution in [0.2, 0.25) is 0 Å². The lowest BCUT2D eigenvalue weighted by atomic mass is 9.97. The highest BCUT2D eigenvalue weighted by Crippen LogP contribution is 2.19. The Hall–Kier alpha value is -1.70. The van der Waals surface area contributed by atoms with Crippen molar-refractivity contribution in [3.05, 3.63) is 34.0 Å². The number of quaternary nitrogens is 1. The second kappa shape index (κ2) is 11.3. The topological polar surface area (TPSA) is 71.9 Å². The summed E-state index contributed by atoms with van der Waals surface area (Å²) >= 11 is 1.70. The first-order chi connectivity index (χ1) is 13.7. The monoisotopic (exact) mass is 406 g/mol. The molecule has 3 rings (SSSR count). The van der Waals surface area contributed by atoms with Crippen LogP contribution in [0.1, 0.15) is 49.8 Å². The van der Waals surface area contributed by atoms with Gasteiger partial charge in [0.15, 0.2) is 6.54 Å². The van der Waals surface area contributed by atoms with E-state index >= 15 is 0 Å². The number of thiophene rings is 1. The molecule has 1 saturated heterocycles. The molecule has 6 nitrogen and oxygen atoms in total. The summed E-state index contributed by atoms with van der Waals surface area (Å²) in [5.74, 6) is -0.237. The van der Waals surface area contributed by atoms with Gasteiger partial charge in [0, 0.05) is 13.2 Å². The molecule has 28 heavy (non-hydrogen) atoms. The molecular formula is C21H32N3O3S+. The van der Waals surface area contributed by atoms with Crippen LogP contribution in [-0.2, 0) is 16.1 Å². The van der Waals surface area contributed by atoms with Gasteiger partial charge in [-0.1, -0.05) is 17.7 Å². The summed E-state index contributed by atoms with van der Waals surface area (Å²) in [5, 5.41) is 7.35. The zero-order chi connectivity index (χ0) is 19.6. The van der Waals surface area contributed by atoms with Crippen LogP contribution in [0.25, 0.3) is 0 Å². The lowest BCUT2D eigenvalue weighted by Crippen LogP contribution is -3.13. The molecule has 3 amide bonds. The Morgan fingerprint density at radius 1 is 1.29 bits per heavy atom. The molecule has 1 aromatic heterocycles. The van der Waals surface area contributed by atoms with Gasteiger partial charge in [-0.3, -0.25) is 10.1 Å². The van der Waals surface area contributed by atoms with Crippen molar-refractivity contribution >= 4 is 23.3 Å². The molecule has 1 aliphatic carbocycles. The fraction of sp³-hybridized carbons (Fsp3) is 0.619. The Kier molecular flexibility index (Phi) is 8.51.